The highest BCUT2D eigenvalue weighted by atomic mass is 16.5. The second-order valence-electron chi connectivity index (χ2n) is 5.32. The van der Waals surface area contributed by atoms with E-state index in [2.05, 4.69) is 13.8 Å². The number of hydrogen-bond acceptors (Lipinski definition) is 3. The number of carbonyl (C=O) groups is 1. The molecule has 3 unspecified atom stereocenters. The van der Waals surface area contributed by atoms with Crippen LogP contribution in [0.3, 0.4) is 0 Å². The van der Waals surface area contributed by atoms with Crippen molar-refractivity contribution in [3.63, 3.8) is 0 Å². The summed E-state index contributed by atoms with van der Waals surface area (Å²) in [7, 11) is 0. The molecule has 0 spiro atoms. The van der Waals surface area contributed by atoms with E-state index in [4.69, 9.17) is 10.5 Å². The fraction of sp³-hybridized carbons (Fsp3) is 0.929. The number of nitrogens with two attached hydrogens (primary N) is 1. The maximum atomic E-state index is 11.8. The van der Waals surface area contributed by atoms with Crippen LogP contribution in [0.1, 0.15) is 58.8 Å². The van der Waals surface area contributed by atoms with E-state index < -0.39 is 0 Å². The third-order valence-corrected chi connectivity index (χ3v) is 3.81. The molecule has 0 aromatic heterocycles. The maximum Gasteiger partial charge on any atom is 0.308 e. The van der Waals surface area contributed by atoms with Crippen LogP contribution in [0.25, 0.3) is 0 Å². The number of esters is 1. The van der Waals surface area contributed by atoms with Gasteiger partial charge in [0.15, 0.2) is 0 Å². The first-order valence-corrected chi connectivity index (χ1v) is 7.09. The number of carbonyl (C=O) groups excluding carboxylic acids is 1. The van der Waals surface area contributed by atoms with Crippen molar-refractivity contribution in [3.8, 4) is 0 Å². The predicted octanol–water partition coefficient (Wildman–Crippen LogP) is 2.87. The molecule has 0 aromatic carbocycles. The summed E-state index contributed by atoms with van der Waals surface area (Å²) in [5, 5.41) is 0. The molecular weight excluding hydrogens is 214 g/mol. The average molecular weight is 241 g/mol. The highest BCUT2D eigenvalue weighted by Crippen LogP contribution is 2.25. The van der Waals surface area contributed by atoms with Gasteiger partial charge in [0.25, 0.3) is 0 Å². The maximum absolute atomic E-state index is 11.8. The Labute approximate surface area is 105 Å². The Hall–Kier alpha value is -0.570. The molecule has 2 N–H and O–H groups in total. The van der Waals surface area contributed by atoms with E-state index in [1.807, 2.05) is 0 Å². The first-order valence-electron chi connectivity index (χ1n) is 7.09. The minimum atomic E-state index is -0.0205. The Kier molecular flexibility index (Phi) is 6.56. The second kappa shape index (κ2) is 7.70. The molecule has 3 heteroatoms. The lowest BCUT2D eigenvalue weighted by Gasteiger charge is -2.16. The highest BCUT2D eigenvalue weighted by Gasteiger charge is 2.29. The van der Waals surface area contributed by atoms with Crippen LogP contribution in [-0.4, -0.2) is 18.6 Å². The zero-order valence-electron chi connectivity index (χ0n) is 11.3. The van der Waals surface area contributed by atoms with Crippen molar-refractivity contribution in [2.75, 3.05) is 6.61 Å². The monoisotopic (exact) mass is 241 g/mol. The molecule has 3 nitrogen and oxygen atoms in total. The van der Waals surface area contributed by atoms with Crippen LogP contribution < -0.4 is 5.73 Å². The number of hydrogen-bond donors (Lipinski definition) is 1. The van der Waals surface area contributed by atoms with E-state index >= 15 is 0 Å². The molecule has 100 valence electrons. The Morgan fingerprint density at radius 3 is 2.71 bits per heavy atom. The summed E-state index contributed by atoms with van der Waals surface area (Å²) >= 11 is 0. The fourth-order valence-corrected chi connectivity index (χ4v) is 2.45. The number of rotatable bonds is 7. The molecule has 1 aliphatic carbocycles. The summed E-state index contributed by atoms with van der Waals surface area (Å²) in [4.78, 5) is 11.8. The molecule has 0 saturated heterocycles. The van der Waals surface area contributed by atoms with Crippen molar-refractivity contribution >= 4 is 5.97 Å². The second-order valence-corrected chi connectivity index (χ2v) is 5.32. The lowest BCUT2D eigenvalue weighted by atomic mass is 10.0. The van der Waals surface area contributed by atoms with Gasteiger partial charge in [-0.25, -0.2) is 0 Å². The molecule has 1 fully saturated rings. The molecule has 3 atom stereocenters. The van der Waals surface area contributed by atoms with Crippen molar-refractivity contribution < 1.29 is 9.53 Å². The van der Waals surface area contributed by atoms with Crippen molar-refractivity contribution in [1.29, 1.82) is 0 Å². The van der Waals surface area contributed by atoms with Crippen LogP contribution in [0.5, 0.6) is 0 Å². The van der Waals surface area contributed by atoms with E-state index in [1.54, 1.807) is 0 Å². The quantitative estimate of drug-likeness (QED) is 0.697. The molecule has 0 aliphatic heterocycles. The molecule has 0 radical (unpaired) electrons. The summed E-state index contributed by atoms with van der Waals surface area (Å²) in [5.41, 5.74) is 5.80. The summed E-state index contributed by atoms with van der Waals surface area (Å²) in [6.07, 6.45) is 7.39. The molecule has 1 saturated carbocycles. The van der Waals surface area contributed by atoms with Gasteiger partial charge in [0, 0.05) is 6.04 Å². The summed E-state index contributed by atoms with van der Waals surface area (Å²) < 4.78 is 5.43. The molecule has 1 aliphatic rings. The van der Waals surface area contributed by atoms with E-state index in [9.17, 15) is 4.79 Å². The van der Waals surface area contributed by atoms with Gasteiger partial charge in [0.05, 0.1) is 12.5 Å². The third kappa shape index (κ3) is 5.07. The number of ether oxygens (including phenoxy) is 1. The average Bonchev–Trinajstić information content (AvgIpc) is 2.76. The zero-order valence-corrected chi connectivity index (χ0v) is 11.3. The Morgan fingerprint density at radius 1 is 1.41 bits per heavy atom. The van der Waals surface area contributed by atoms with Crippen molar-refractivity contribution in [2.24, 2.45) is 17.6 Å². The van der Waals surface area contributed by atoms with Crippen molar-refractivity contribution in [1.82, 2.24) is 0 Å². The lowest BCUT2D eigenvalue weighted by molar-refractivity contribution is -0.149. The highest BCUT2D eigenvalue weighted by molar-refractivity contribution is 5.72. The molecule has 1 rings (SSSR count). The Morgan fingerprint density at radius 2 is 2.18 bits per heavy atom. The van der Waals surface area contributed by atoms with Gasteiger partial charge in [-0.3, -0.25) is 4.79 Å². The Balaban J connectivity index is 2.21. The van der Waals surface area contributed by atoms with Crippen LogP contribution in [0.4, 0.5) is 0 Å². The van der Waals surface area contributed by atoms with E-state index in [-0.39, 0.29) is 17.9 Å². The summed E-state index contributed by atoms with van der Waals surface area (Å²) in [6, 6.07) is 0.203. The molecule has 0 amide bonds. The van der Waals surface area contributed by atoms with Gasteiger partial charge in [-0.05, 0) is 31.6 Å². The van der Waals surface area contributed by atoms with Crippen LogP contribution in [0.2, 0.25) is 0 Å². The van der Waals surface area contributed by atoms with Gasteiger partial charge < -0.3 is 10.5 Å². The number of unbranched alkanes of at least 4 members (excludes halogenated alkanes) is 1. The molecular formula is C14H27NO2. The van der Waals surface area contributed by atoms with Gasteiger partial charge in [0.2, 0.25) is 0 Å². The van der Waals surface area contributed by atoms with Crippen LogP contribution >= 0.6 is 0 Å². The van der Waals surface area contributed by atoms with Gasteiger partial charge >= 0.3 is 5.97 Å². The molecule has 0 aromatic rings. The SMILES string of the molecule is CCCCC(CC)COC(=O)C1CCC(N)C1. The molecule has 17 heavy (non-hydrogen) atoms. The van der Waals surface area contributed by atoms with Crippen LogP contribution in [0.15, 0.2) is 0 Å². The molecule has 0 bridgehead atoms. The predicted molar refractivity (Wildman–Crippen MR) is 69.6 cm³/mol. The zero-order chi connectivity index (χ0) is 12.7. The molecule has 0 heterocycles. The first kappa shape index (κ1) is 14.5. The van der Waals surface area contributed by atoms with E-state index in [0.717, 1.165) is 25.7 Å². The third-order valence-electron chi connectivity index (χ3n) is 3.81. The summed E-state index contributed by atoms with van der Waals surface area (Å²) in [6.45, 7) is 4.96. The lowest BCUT2D eigenvalue weighted by Crippen LogP contribution is -2.22. The largest absolute Gasteiger partial charge is 0.465 e. The fourth-order valence-electron chi connectivity index (χ4n) is 2.45. The standard InChI is InChI=1S/C14H27NO2/c1-3-5-6-11(4-2)10-17-14(16)12-7-8-13(15)9-12/h11-13H,3-10,15H2,1-2H3. The van der Waals surface area contributed by atoms with Crippen LogP contribution in [0, 0.1) is 11.8 Å². The van der Waals surface area contributed by atoms with Crippen LogP contribution in [-0.2, 0) is 9.53 Å². The van der Waals surface area contributed by atoms with Gasteiger partial charge in [-0.1, -0.05) is 33.1 Å². The van der Waals surface area contributed by atoms with E-state index in [0.29, 0.717) is 12.5 Å². The first-order chi connectivity index (χ1) is 8.17. The topological polar surface area (TPSA) is 52.3 Å². The van der Waals surface area contributed by atoms with Crippen molar-refractivity contribution in [3.05, 3.63) is 0 Å². The van der Waals surface area contributed by atoms with Gasteiger partial charge in [-0.2, -0.15) is 0 Å². The Bertz CT molecular complexity index is 230. The minimum absolute atomic E-state index is 0.0205. The van der Waals surface area contributed by atoms with E-state index in [1.165, 1.54) is 19.3 Å². The normalized spacial score (nSPS) is 25.8. The smallest absolute Gasteiger partial charge is 0.308 e. The van der Waals surface area contributed by atoms with Crippen molar-refractivity contribution in [2.45, 2.75) is 64.8 Å². The van der Waals surface area contributed by atoms with Gasteiger partial charge in [-0.15, -0.1) is 0 Å². The minimum Gasteiger partial charge on any atom is -0.465 e. The summed E-state index contributed by atoms with van der Waals surface area (Å²) in [5.74, 6) is 0.579. The van der Waals surface area contributed by atoms with Gasteiger partial charge in [0.1, 0.15) is 0 Å².